The Labute approximate surface area is 120 Å². The Morgan fingerprint density at radius 1 is 1.19 bits per heavy atom. The fourth-order valence-corrected chi connectivity index (χ4v) is 2.90. The minimum absolute atomic E-state index is 0.0243. The van der Waals surface area contributed by atoms with Crippen LogP contribution in [-0.4, -0.2) is 20.2 Å². The average molecular weight is 290 g/mol. The fraction of sp³-hybridized carbons (Fsp3) is 0.333. The number of phenols is 1. The second-order valence-electron chi connectivity index (χ2n) is 5.33. The first-order chi connectivity index (χ1) is 10.0. The highest BCUT2D eigenvalue weighted by molar-refractivity contribution is 5.58. The van der Waals surface area contributed by atoms with E-state index in [1.165, 1.54) is 6.07 Å². The summed E-state index contributed by atoms with van der Waals surface area (Å²) in [6, 6.07) is 3.36. The minimum atomic E-state index is -0.646. The average Bonchev–Trinajstić information content (AvgIpc) is 2.90. The SMILES string of the molecule is O=c1[nH]c(-c2cc(O)cc(F)c2)nc(O)c1C1CCCC1. The second-order valence-corrected chi connectivity index (χ2v) is 5.33. The van der Waals surface area contributed by atoms with E-state index in [0.717, 1.165) is 37.8 Å². The molecule has 1 aliphatic carbocycles. The third kappa shape index (κ3) is 2.61. The quantitative estimate of drug-likeness (QED) is 0.793. The van der Waals surface area contributed by atoms with Crippen LogP contribution in [0.15, 0.2) is 23.0 Å². The molecule has 6 heteroatoms. The topological polar surface area (TPSA) is 86.2 Å². The number of phenolic OH excluding ortho intramolecular Hbond substituents is 1. The number of aromatic nitrogens is 2. The molecule has 1 aromatic heterocycles. The van der Waals surface area contributed by atoms with E-state index in [9.17, 15) is 19.4 Å². The lowest BCUT2D eigenvalue weighted by Gasteiger charge is -2.11. The van der Waals surface area contributed by atoms with Gasteiger partial charge in [0.2, 0.25) is 5.88 Å². The summed E-state index contributed by atoms with van der Waals surface area (Å²) in [6.45, 7) is 0. The van der Waals surface area contributed by atoms with E-state index in [1.54, 1.807) is 0 Å². The van der Waals surface area contributed by atoms with Crippen molar-refractivity contribution in [3.63, 3.8) is 0 Å². The number of aromatic hydroxyl groups is 2. The van der Waals surface area contributed by atoms with Crippen molar-refractivity contribution >= 4 is 0 Å². The van der Waals surface area contributed by atoms with Crippen LogP contribution in [0.5, 0.6) is 11.6 Å². The normalized spacial score (nSPS) is 15.5. The molecule has 0 saturated heterocycles. The van der Waals surface area contributed by atoms with Crippen molar-refractivity contribution in [3.8, 4) is 23.0 Å². The van der Waals surface area contributed by atoms with Crippen LogP contribution < -0.4 is 5.56 Å². The Morgan fingerprint density at radius 3 is 2.52 bits per heavy atom. The van der Waals surface area contributed by atoms with Gasteiger partial charge in [0, 0.05) is 11.6 Å². The van der Waals surface area contributed by atoms with Crippen LogP contribution in [-0.2, 0) is 0 Å². The number of nitrogens with zero attached hydrogens (tertiary/aromatic N) is 1. The summed E-state index contributed by atoms with van der Waals surface area (Å²) in [4.78, 5) is 18.7. The summed E-state index contributed by atoms with van der Waals surface area (Å²) in [5.74, 6) is -1.17. The van der Waals surface area contributed by atoms with E-state index in [1.807, 2.05) is 0 Å². The van der Waals surface area contributed by atoms with Gasteiger partial charge in [0.1, 0.15) is 17.4 Å². The number of H-pyrrole nitrogens is 1. The summed E-state index contributed by atoms with van der Waals surface area (Å²) < 4.78 is 13.3. The third-order valence-corrected chi connectivity index (χ3v) is 3.85. The molecule has 0 unspecified atom stereocenters. The zero-order valence-electron chi connectivity index (χ0n) is 11.3. The van der Waals surface area contributed by atoms with Gasteiger partial charge >= 0.3 is 0 Å². The van der Waals surface area contributed by atoms with Gasteiger partial charge < -0.3 is 15.2 Å². The molecule has 1 aliphatic rings. The van der Waals surface area contributed by atoms with Gasteiger partial charge in [-0.1, -0.05) is 12.8 Å². The molecule has 3 N–H and O–H groups in total. The molecule has 110 valence electrons. The first kappa shape index (κ1) is 13.6. The number of hydrogen-bond acceptors (Lipinski definition) is 4. The molecular formula is C15H15FN2O3. The largest absolute Gasteiger partial charge is 0.508 e. The van der Waals surface area contributed by atoms with Gasteiger partial charge in [0.15, 0.2) is 0 Å². The molecule has 0 atom stereocenters. The lowest BCUT2D eigenvalue weighted by molar-refractivity contribution is 0.436. The molecule has 0 bridgehead atoms. The van der Waals surface area contributed by atoms with Crippen LogP contribution in [0.25, 0.3) is 11.4 Å². The van der Waals surface area contributed by atoms with E-state index in [0.29, 0.717) is 5.56 Å². The standard InChI is InChI=1S/C15H15FN2O3/c16-10-5-9(6-11(19)7-10)13-17-14(20)12(15(21)18-13)8-3-1-2-4-8/h5-8,19H,1-4H2,(H2,17,18,20,21). The highest BCUT2D eigenvalue weighted by Crippen LogP contribution is 2.36. The number of aromatic amines is 1. The predicted molar refractivity (Wildman–Crippen MR) is 74.8 cm³/mol. The van der Waals surface area contributed by atoms with Gasteiger partial charge in [-0.25, -0.2) is 4.39 Å². The molecular weight excluding hydrogens is 275 g/mol. The molecule has 1 fully saturated rings. The fourth-order valence-electron chi connectivity index (χ4n) is 2.90. The summed E-state index contributed by atoms with van der Waals surface area (Å²) >= 11 is 0. The van der Waals surface area contributed by atoms with Crippen molar-refractivity contribution in [2.75, 3.05) is 0 Å². The van der Waals surface area contributed by atoms with Gasteiger partial charge in [0.05, 0.1) is 5.56 Å². The monoisotopic (exact) mass is 290 g/mol. The molecule has 0 amide bonds. The van der Waals surface area contributed by atoms with Crippen molar-refractivity contribution in [1.29, 1.82) is 0 Å². The summed E-state index contributed by atoms with van der Waals surface area (Å²) in [6.07, 6.45) is 3.78. The molecule has 1 aromatic carbocycles. The molecule has 0 radical (unpaired) electrons. The number of rotatable bonds is 2. The van der Waals surface area contributed by atoms with E-state index in [2.05, 4.69) is 9.97 Å². The predicted octanol–water partition coefficient (Wildman–Crippen LogP) is 2.64. The molecule has 0 aliphatic heterocycles. The Bertz CT molecular complexity index is 716. The number of halogens is 1. The lowest BCUT2D eigenvalue weighted by atomic mass is 10.00. The molecule has 1 heterocycles. The van der Waals surface area contributed by atoms with Gasteiger partial charge in [-0.05, 0) is 30.9 Å². The molecule has 5 nitrogen and oxygen atoms in total. The second kappa shape index (κ2) is 5.20. The maximum atomic E-state index is 13.3. The van der Waals surface area contributed by atoms with Crippen molar-refractivity contribution < 1.29 is 14.6 Å². The highest BCUT2D eigenvalue weighted by atomic mass is 19.1. The Balaban J connectivity index is 2.07. The molecule has 21 heavy (non-hydrogen) atoms. The summed E-state index contributed by atoms with van der Waals surface area (Å²) in [5, 5.41) is 19.4. The van der Waals surface area contributed by atoms with Crippen molar-refractivity contribution in [3.05, 3.63) is 39.9 Å². The van der Waals surface area contributed by atoms with E-state index in [4.69, 9.17) is 0 Å². The maximum absolute atomic E-state index is 13.3. The van der Waals surface area contributed by atoms with Crippen molar-refractivity contribution in [2.24, 2.45) is 0 Å². The van der Waals surface area contributed by atoms with Crippen LogP contribution in [0.3, 0.4) is 0 Å². The summed E-state index contributed by atoms with van der Waals surface area (Å²) in [7, 11) is 0. The van der Waals surface area contributed by atoms with E-state index >= 15 is 0 Å². The Hall–Kier alpha value is -2.37. The van der Waals surface area contributed by atoms with Crippen LogP contribution in [0.4, 0.5) is 4.39 Å². The Kier molecular flexibility index (Phi) is 3.37. The number of hydrogen-bond donors (Lipinski definition) is 3. The molecule has 2 aromatic rings. The van der Waals surface area contributed by atoms with Crippen LogP contribution in [0.1, 0.15) is 37.2 Å². The van der Waals surface area contributed by atoms with Gasteiger partial charge in [-0.3, -0.25) is 4.79 Å². The lowest BCUT2D eigenvalue weighted by Crippen LogP contribution is -2.17. The first-order valence-electron chi connectivity index (χ1n) is 6.87. The first-order valence-corrected chi connectivity index (χ1v) is 6.87. The smallest absolute Gasteiger partial charge is 0.258 e. The van der Waals surface area contributed by atoms with Crippen LogP contribution >= 0.6 is 0 Å². The van der Waals surface area contributed by atoms with Gasteiger partial charge in [0.25, 0.3) is 5.56 Å². The van der Waals surface area contributed by atoms with Crippen LogP contribution in [0.2, 0.25) is 0 Å². The Morgan fingerprint density at radius 2 is 1.90 bits per heavy atom. The van der Waals surface area contributed by atoms with E-state index < -0.39 is 11.4 Å². The highest BCUT2D eigenvalue weighted by Gasteiger charge is 2.24. The summed E-state index contributed by atoms with van der Waals surface area (Å²) in [5.41, 5.74) is 0.0999. The molecule has 1 saturated carbocycles. The number of benzene rings is 1. The zero-order chi connectivity index (χ0) is 15.0. The molecule has 0 spiro atoms. The third-order valence-electron chi connectivity index (χ3n) is 3.85. The molecule has 3 rings (SSSR count). The van der Waals surface area contributed by atoms with Crippen LogP contribution in [0, 0.1) is 5.82 Å². The zero-order valence-corrected chi connectivity index (χ0v) is 11.3. The van der Waals surface area contributed by atoms with E-state index in [-0.39, 0.29) is 28.9 Å². The maximum Gasteiger partial charge on any atom is 0.258 e. The van der Waals surface area contributed by atoms with Gasteiger partial charge in [-0.15, -0.1) is 0 Å². The van der Waals surface area contributed by atoms with Crippen molar-refractivity contribution in [1.82, 2.24) is 9.97 Å². The minimum Gasteiger partial charge on any atom is -0.508 e. The van der Waals surface area contributed by atoms with Gasteiger partial charge in [-0.2, -0.15) is 4.98 Å². The van der Waals surface area contributed by atoms with Crippen molar-refractivity contribution in [2.45, 2.75) is 31.6 Å². The number of nitrogens with one attached hydrogen (secondary N) is 1.